The molecule has 4 rings (SSSR count). The van der Waals surface area contributed by atoms with E-state index >= 15 is 0 Å². The molecule has 5 atom stereocenters. The zero-order valence-corrected chi connectivity index (χ0v) is 14.5. The number of aromatic nitrogens is 4. The molecule has 1 aliphatic rings. The van der Waals surface area contributed by atoms with E-state index in [1.165, 1.54) is 17.2 Å². The zero-order valence-electron chi connectivity index (χ0n) is 13.7. The van der Waals surface area contributed by atoms with Gasteiger partial charge in [0.2, 0.25) is 5.49 Å². The number of fused-ring (bicyclic) bond motifs is 1. The predicted molar refractivity (Wildman–Crippen MR) is 91.6 cm³/mol. The largest absolute Gasteiger partial charge is 0.409 e. The van der Waals surface area contributed by atoms with Gasteiger partial charge in [-0.2, -0.15) is 0 Å². The third kappa shape index (κ3) is 2.97. The summed E-state index contributed by atoms with van der Waals surface area (Å²) < 4.78 is 7.20. The fourth-order valence-electron chi connectivity index (χ4n) is 3.18. The first-order valence-corrected chi connectivity index (χ1v) is 8.42. The van der Waals surface area contributed by atoms with Crippen LogP contribution in [-0.4, -0.2) is 58.4 Å². The molecule has 1 aliphatic heterocycles. The lowest BCUT2D eigenvalue weighted by molar-refractivity contribution is -0.0849. The smallest absolute Gasteiger partial charge is 0.222 e. The van der Waals surface area contributed by atoms with Crippen molar-refractivity contribution in [1.82, 2.24) is 19.5 Å². The molecule has 1 saturated heterocycles. The minimum atomic E-state index is -1.35. The number of nitrogens with one attached hydrogen (secondary N) is 1. The molecule has 1 fully saturated rings. The van der Waals surface area contributed by atoms with Crippen LogP contribution in [0.25, 0.3) is 11.2 Å². The van der Waals surface area contributed by atoms with E-state index in [1.807, 2.05) is 0 Å². The summed E-state index contributed by atoms with van der Waals surface area (Å²) in [6, 6.07) is 6.45. The normalized spacial score (nSPS) is 27.3. The first-order chi connectivity index (χ1) is 13.0. The fraction of sp³-hybridized carbons (Fsp3) is 0.312. The SMILES string of the molecule is O/N=c1/nc[nH]c2c1ncn2[C@@H]1O[C@H]([C@H](O)c2ccc(Cl)cc2)[C@@H](O)[C@H]1O. The monoisotopic (exact) mass is 393 g/mol. The summed E-state index contributed by atoms with van der Waals surface area (Å²) in [5.41, 5.74) is 1.11. The van der Waals surface area contributed by atoms with Crippen molar-refractivity contribution in [2.45, 2.75) is 30.6 Å². The molecule has 0 unspecified atom stereocenters. The Kier molecular flexibility index (Phi) is 4.58. The molecular weight excluding hydrogens is 378 g/mol. The van der Waals surface area contributed by atoms with Crippen LogP contribution in [0.1, 0.15) is 17.9 Å². The van der Waals surface area contributed by atoms with Crippen molar-refractivity contribution in [1.29, 1.82) is 0 Å². The van der Waals surface area contributed by atoms with Crippen molar-refractivity contribution in [3.8, 4) is 0 Å². The lowest BCUT2D eigenvalue weighted by Crippen LogP contribution is -2.34. The number of ether oxygens (including phenoxy) is 1. The molecule has 0 amide bonds. The number of aromatic amines is 1. The highest BCUT2D eigenvalue weighted by Crippen LogP contribution is 2.37. The quantitative estimate of drug-likeness (QED) is 0.312. The van der Waals surface area contributed by atoms with E-state index in [0.29, 0.717) is 16.2 Å². The van der Waals surface area contributed by atoms with Crippen LogP contribution in [0.2, 0.25) is 5.02 Å². The van der Waals surface area contributed by atoms with E-state index in [0.717, 1.165) is 0 Å². The highest BCUT2D eigenvalue weighted by Gasteiger charge is 2.47. The van der Waals surface area contributed by atoms with Gasteiger partial charge in [0.25, 0.3) is 0 Å². The van der Waals surface area contributed by atoms with Crippen molar-refractivity contribution in [3.05, 3.63) is 53.0 Å². The van der Waals surface area contributed by atoms with E-state index < -0.39 is 30.6 Å². The van der Waals surface area contributed by atoms with Crippen LogP contribution in [0.5, 0.6) is 0 Å². The highest BCUT2D eigenvalue weighted by molar-refractivity contribution is 6.30. The van der Waals surface area contributed by atoms with E-state index in [-0.39, 0.29) is 11.0 Å². The number of hydrogen-bond donors (Lipinski definition) is 5. The first-order valence-electron chi connectivity index (χ1n) is 8.04. The molecule has 1 aromatic carbocycles. The van der Waals surface area contributed by atoms with Crippen LogP contribution in [0.15, 0.2) is 42.1 Å². The van der Waals surface area contributed by atoms with Gasteiger partial charge in [0.1, 0.15) is 30.1 Å². The van der Waals surface area contributed by atoms with Crippen LogP contribution < -0.4 is 5.49 Å². The Labute approximate surface area is 157 Å². The minimum absolute atomic E-state index is 0.00622. The summed E-state index contributed by atoms with van der Waals surface area (Å²) in [5, 5.41) is 44.0. The average Bonchev–Trinajstić information content (AvgIpc) is 3.23. The van der Waals surface area contributed by atoms with Crippen molar-refractivity contribution in [2.75, 3.05) is 0 Å². The van der Waals surface area contributed by atoms with Crippen LogP contribution in [-0.2, 0) is 4.74 Å². The van der Waals surface area contributed by atoms with Gasteiger partial charge in [0.15, 0.2) is 11.7 Å². The van der Waals surface area contributed by atoms with Crippen molar-refractivity contribution >= 4 is 22.8 Å². The fourth-order valence-corrected chi connectivity index (χ4v) is 3.30. The second-order valence-corrected chi connectivity index (χ2v) is 6.58. The molecule has 5 N–H and O–H groups in total. The van der Waals surface area contributed by atoms with Gasteiger partial charge in [-0.15, -0.1) is 0 Å². The maximum Gasteiger partial charge on any atom is 0.222 e. The number of halogens is 1. The van der Waals surface area contributed by atoms with Gasteiger partial charge < -0.3 is 30.2 Å². The molecule has 142 valence electrons. The Morgan fingerprint density at radius 2 is 1.93 bits per heavy atom. The predicted octanol–water partition coefficient (Wildman–Crippen LogP) is 0.0555. The summed E-state index contributed by atoms with van der Waals surface area (Å²) in [4.78, 5) is 10.8. The lowest BCUT2D eigenvalue weighted by atomic mass is 9.99. The van der Waals surface area contributed by atoms with Crippen LogP contribution in [0.3, 0.4) is 0 Å². The molecule has 0 radical (unpaired) electrons. The number of H-pyrrole nitrogens is 1. The van der Waals surface area contributed by atoms with Gasteiger partial charge in [0, 0.05) is 5.02 Å². The molecule has 0 aliphatic carbocycles. The van der Waals surface area contributed by atoms with E-state index in [9.17, 15) is 15.3 Å². The highest BCUT2D eigenvalue weighted by atomic mass is 35.5. The first kappa shape index (κ1) is 17.9. The minimum Gasteiger partial charge on any atom is -0.409 e. The number of benzene rings is 1. The lowest BCUT2D eigenvalue weighted by Gasteiger charge is -2.21. The Bertz CT molecular complexity index is 1020. The third-order valence-corrected chi connectivity index (χ3v) is 4.81. The van der Waals surface area contributed by atoms with Crippen molar-refractivity contribution in [3.63, 3.8) is 0 Å². The molecule has 0 spiro atoms. The number of nitrogens with zero attached hydrogens (tertiary/aromatic N) is 4. The summed E-state index contributed by atoms with van der Waals surface area (Å²) in [6.07, 6.45) is -3.30. The second kappa shape index (κ2) is 6.91. The van der Waals surface area contributed by atoms with Crippen LogP contribution in [0, 0.1) is 0 Å². The summed E-state index contributed by atoms with van der Waals surface area (Å²) in [6.45, 7) is 0. The van der Waals surface area contributed by atoms with Gasteiger partial charge >= 0.3 is 0 Å². The van der Waals surface area contributed by atoms with E-state index in [4.69, 9.17) is 21.5 Å². The van der Waals surface area contributed by atoms with Crippen molar-refractivity contribution in [2.24, 2.45) is 5.16 Å². The molecule has 11 heteroatoms. The third-order valence-electron chi connectivity index (χ3n) is 4.56. The summed E-state index contributed by atoms with van der Waals surface area (Å²) in [5.74, 6) is 0. The van der Waals surface area contributed by atoms with Gasteiger partial charge in [-0.25, -0.2) is 9.97 Å². The summed E-state index contributed by atoms with van der Waals surface area (Å²) in [7, 11) is 0. The number of rotatable bonds is 3. The molecule has 2 aromatic heterocycles. The zero-order chi connectivity index (χ0) is 19.1. The number of hydrogen-bond acceptors (Lipinski definition) is 8. The maximum absolute atomic E-state index is 10.6. The number of aliphatic hydroxyl groups excluding tert-OH is 3. The Morgan fingerprint density at radius 3 is 2.63 bits per heavy atom. The molecule has 3 aromatic rings. The second-order valence-electron chi connectivity index (χ2n) is 6.14. The number of aliphatic hydroxyl groups is 3. The molecular formula is C16H16ClN5O5. The van der Waals surface area contributed by atoms with Crippen LogP contribution >= 0.6 is 11.6 Å². The number of imidazole rings is 1. The molecule has 3 heterocycles. The average molecular weight is 394 g/mol. The van der Waals surface area contributed by atoms with Gasteiger partial charge in [0.05, 0.1) is 12.7 Å². The molecule has 27 heavy (non-hydrogen) atoms. The molecule has 0 saturated carbocycles. The molecule has 0 bridgehead atoms. The van der Waals surface area contributed by atoms with E-state index in [2.05, 4.69) is 20.1 Å². The topological polar surface area (TPSA) is 149 Å². The van der Waals surface area contributed by atoms with Crippen LogP contribution in [0.4, 0.5) is 0 Å². The Morgan fingerprint density at radius 1 is 1.19 bits per heavy atom. The Balaban J connectivity index is 1.67. The van der Waals surface area contributed by atoms with E-state index in [1.54, 1.807) is 24.3 Å². The van der Waals surface area contributed by atoms with Crippen molar-refractivity contribution < 1.29 is 25.3 Å². The summed E-state index contributed by atoms with van der Waals surface area (Å²) >= 11 is 5.85. The standard InChI is InChI=1S/C16H16ClN5O5/c17-8-3-1-7(2-4-8)10(23)13-11(24)12(25)16(27-13)22-6-20-9-14(21-26)18-5-19-15(9)22/h1-6,10-13,16,23-26H,(H,18,19,21)/t10-,11+,12-,13-,16-/m1/s1. The maximum atomic E-state index is 10.6. The Hall–Kier alpha value is -2.50. The molecule has 10 nitrogen and oxygen atoms in total. The van der Waals surface area contributed by atoms with Gasteiger partial charge in [-0.05, 0) is 17.7 Å². The van der Waals surface area contributed by atoms with Gasteiger partial charge in [-0.3, -0.25) is 4.57 Å². The van der Waals surface area contributed by atoms with Gasteiger partial charge in [-0.1, -0.05) is 28.9 Å².